The van der Waals surface area contributed by atoms with E-state index in [1.807, 2.05) is 0 Å². The van der Waals surface area contributed by atoms with Crippen LogP contribution in [0.5, 0.6) is 0 Å². The van der Waals surface area contributed by atoms with E-state index in [0.29, 0.717) is 11.8 Å². The van der Waals surface area contributed by atoms with Crippen LogP contribution in [0.15, 0.2) is 18.7 Å². The van der Waals surface area contributed by atoms with Crippen molar-refractivity contribution in [2.75, 3.05) is 24.7 Å². The Hall–Kier alpha value is -2.47. The van der Waals surface area contributed by atoms with E-state index in [2.05, 4.69) is 16.5 Å². The Labute approximate surface area is 132 Å². The fraction of sp³-hybridized carbons (Fsp3) is 0.133. The highest BCUT2D eigenvalue weighted by Gasteiger charge is 2.19. The van der Waals surface area contributed by atoms with E-state index in [9.17, 15) is 9.18 Å². The zero-order valence-corrected chi connectivity index (χ0v) is 12.9. The molecule has 2 rings (SSSR count). The average Bonchev–Trinajstić information content (AvgIpc) is 2.46. The first-order valence-electron chi connectivity index (χ1n) is 6.31. The molecule has 2 aromatic rings. The van der Waals surface area contributed by atoms with Gasteiger partial charge in [-0.1, -0.05) is 24.3 Å². The highest BCUT2D eigenvalue weighted by molar-refractivity contribution is 6.33. The molecule has 1 aromatic carbocycles. The van der Waals surface area contributed by atoms with Gasteiger partial charge in [0, 0.05) is 19.7 Å². The predicted molar refractivity (Wildman–Crippen MR) is 86.7 cm³/mol. The van der Waals surface area contributed by atoms with Gasteiger partial charge in [-0.05, 0) is 12.1 Å². The van der Waals surface area contributed by atoms with Crippen molar-refractivity contribution >= 4 is 35.5 Å². The Morgan fingerprint density at radius 2 is 2.05 bits per heavy atom. The second kappa shape index (κ2) is 6.11. The number of hydrogen-bond acceptors (Lipinski definition) is 5. The molecule has 0 saturated heterocycles. The molecular weight excluding hydrogens is 307 g/mol. The molecule has 1 aromatic heterocycles. The maximum absolute atomic E-state index is 14.7. The van der Waals surface area contributed by atoms with E-state index in [-0.39, 0.29) is 33.6 Å². The van der Waals surface area contributed by atoms with Crippen molar-refractivity contribution in [3.63, 3.8) is 0 Å². The van der Waals surface area contributed by atoms with Crippen LogP contribution in [0.2, 0.25) is 5.02 Å². The van der Waals surface area contributed by atoms with Crippen molar-refractivity contribution in [2.45, 2.75) is 0 Å². The number of nitrogens with zero attached hydrogens (tertiary/aromatic N) is 3. The van der Waals surface area contributed by atoms with Crippen molar-refractivity contribution in [3.8, 4) is 11.4 Å². The first-order chi connectivity index (χ1) is 10.4. The van der Waals surface area contributed by atoms with Gasteiger partial charge in [0.1, 0.15) is 11.5 Å². The van der Waals surface area contributed by atoms with Crippen LogP contribution in [0.1, 0.15) is 16.1 Å². The number of hydrogen-bond donors (Lipinski definition) is 1. The summed E-state index contributed by atoms with van der Waals surface area (Å²) in [6, 6.07) is 2.98. The first-order valence-corrected chi connectivity index (χ1v) is 6.69. The molecule has 5 nitrogen and oxygen atoms in total. The molecular formula is C15H14ClFN4O. The van der Waals surface area contributed by atoms with Crippen LogP contribution in [-0.4, -0.2) is 30.3 Å². The van der Waals surface area contributed by atoms with Crippen molar-refractivity contribution in [3.05, 3.63) is 40.8 Å². The van der Waals surface area contributed by atoms with E-state index in [0.717, 1.165) is 0 Å². The molecule has 0 aliphatic carbocycles. The molecule has 0 radical (unpaired) electrons. The molecule has 0 unspecified atom stereocenters. The molecule has 0 fully saturated rings. The lowest BCUT2D eigenvalue weighted by Gasteiger charge is -2.17. The van der Waals surface area contributed by atoms with Gasteiger partial charge >= 0.3 is 0 Å². The largest absolute Gasteiger partial charge is 0.383 e. The van der Waals surface area contributed by atoms with Gasteiger partial charge in [-0.25, -0.2) is 14.4 Å². The number of halogens is 2. The summed E-state index contributed by atoms with van der Waals surface area (Å²) in [6.07, 6.45) is 1.91. The Kier molecular flexibility index (Phi) is 4.42. The minimum absolute atomic E-state index is 0.0162. The lowest BCUT2D eigenvalue weighted by Crippen LogP contribution is -2.12. The van der Waals surface area contributed by atoms with Crippen LogP contribution in [0.4, 0.5) is 15.9 Å². The maximum atomic E-state index is 14.7. The first kappa shape index (κ1) is 15.9. The smallest absolute Gasteiger partial charge is 0.169 e. The van der Waals surface area contributed by atoms with Gasteiger partial charge < -0.3 is 10.6 Å². The Balaban J connectivity index is 2.73. The van der Waals surface area contributed by atoms with Gasteiger partial charge in [0.25, 0.3) is 0 Å². The van der Waals surface area contributed by atoms with Crippen molar-refractivity contribution in [1.29, 1.82) is 0 Å². The van der Waals surface area contributed by atoms with Crippen LogP contribution in [0.3, 0.4) is 0 Å². The number of nitrogen functional groups attached to an aromatic ring is 1. The monoisotopic (exact) mass is 320 g/mol. The summed E-state index contributed by atoms with van der Waals surface area (Å²) in [7, 11) is 3.34. The summed E-state index contributed by atoms with van der Waals surface area (Å²) in [4.78, 5) is 20.8. The predicted octanol–water partition coefficient (Wildman–Crippen LogP) is 3.04. The molecule has 0 amide bonds. The number of nitrogens with two attached hydrogens (primary N) is 1. The van der Waals surface area contributed by atoms with Crippen LogP contribution in [0.25, 0.3) is 17.5 Å². The third kappa shape index (κ3) is 2.65. The summed E-state index contributed by atoms with van der Waals surface area (Å²) < 4.78 is 14.7. The van der Waals surface area contributed by atoms with Crippen LogP contribution < -0.4 is 10.6 Å². The number of carbonyl (C=O) groups excluding carboxylic acids is 1. The number of rotatable bonds is 4. The van der Waals surface area contributed by atoms with Gasteiger partial charge in [0.2, 0.25) is 0 Å². The number of aromatic nitrogens is 2. The molecule has 114 valence electrons. The van der Waals surface area contributed by atoms with E-state index >= 15 is 0 Å². The summed E-state index contributed by atoms with van der Waals surface area (Å²) in [5, 5.41) is 0.262. The minimum atomic E-state index is -0.583. The van der Waals surface area contributed by atoms with E-state index in [4.69, 9.17) is 17.3 Å². The summed E-state index contributed by atoms with van der Waals surface area (Å²) >= 11 is 6.00. The molecule has 0 aliphatic heterocycles. The number of carbonyl (C=O) groups is 1. The van der Waals surface area contributed by atoms with Gasteiger partial charge in [-0.2, -0.15) is 0 Å². The molecule has 0 aliphatic rings. The molecule has 7 heteroatoms. The number of benzene rings is 1. The topological polar surface area (TPSA) is 72.1 Å². The number of aldehydes is 1. The Bertz CT molecular complexity index is 762. The Morgan fingerprint density at radius 3 is 2.59 bits per heavy atom. The highest BCUT2D eigenvalue weighted by atomic mass is 35.5. The van der Waals surface area contributed by atoms with E-state index in [1.54, 1.807) is 19.0 Å². The summed E-state index contributed by atoms with van der Waals surface area (Å²) in [5.74, 6) is -0.509. The molecule has 0 bridgehead atoms. The molecule has 0 saturated carbocycles. The van der Waals surface area contributed by atoms with Gasteiger partial charge in [0.15, 0.2) is 17.9 Å². The number of anilines is 2. The van der Waals surface area contributed by atoms with Crippen molar-refractivity contribution in [1.82, 2.24) is 9.97 Å². The van der Waals surface area contributed by atoms with Crippen LogP contribution in [0, 0.1) is 5.82 Å². The lowest BCUT2D eigenvalue weighted by atomic mass is 10.1. The fourth-order valence-corrected chi connectivity index (χ4v) is 2.36. The Morgan fingerprint density at radius 1 is 1.36 bits per heavy atom. The second-order valence-electron chi connectivity index (χ2n) is 4.71. The van der Waals surface area contributed by atoms with Crippen LogP contribution in [-0.2, 0) is 0 Å². The third-order valence-electron chi connectivity index (χ3n) is 3.08. The van der Waals surface area contributed by atoms with E-state index in [1.165, 1.54) is 18.2 Å². The third-order valence-corrected chi connectivity index (χ3v) is 3.38. The molecule has 2 N–H and O–H groups in total. The average molecular weight is 321 g/mol. The standard InChI is InChI=1S/C15H14ClFN4O/c1-4-8-11(7-22)19-15(20-14(8)18)9-5-6-10(16)13(12(9)17)21(2)3/h4-7H,1H2,2-3H3,(H2,18,19,20). The van der Waals surface area contributed by atoms with E-state index < -0.39 is 5.82 Å². The van der Waals surface area contributed by atoms with Gasteiger partial charge in [-0.15, -0.1) is 0 Å². The molecule has 1 heterocycles. The maximum Gasteiger partial charge on any atom is 0.169 e. The molecule has 0 spiro atoms. The summed E-state index contributed by atoms with van der Waals surface area (Å²) in [5.41, 5.74) is 6.48. The SMILES string of the molecule is C=Cc1c(N)nc(-c2ccc(Cl)c(N(C)C)c2F)nc1C=O. The highest BCUT2D eigenvalue weighted by Crippen LogP contribution is 2.34. The van der Waals surface area contributed by atoms with Gasteiger partial charge in [0.05, 0.1) is 16.3 Å². The second-order valence-corrected chi connectivity index (χ2v) is 5.11. The normalized spacial score (nSPS) is 10.4. The quantitative estimate of drug-likeness (QED) is 0.877. The van der Waals surface area contributed by atoms with Crippen molar-refractivity contribution in [2.24, 2.45) is 0 Å². The lowest BCUT2D eigenvalue weighted by molar-refractivity contribution is 0.111. The summed E-state index contributed by atoms with van der Waals surface area (Å²) in [6.45, 7) is 3.55. The zero-order chi connectivity index (χ0) is 16.4. The molecule has 0 atom stereocenters. The minimum Gasteiger partial charge on any atom is -0.383 e. The van der Waals surface area contributed by atoms with Gasteiger partial charge in [-0.3, -0.25) is 4.79 Å². The van der Waals surface area contributed by atoms with Crippen molar-refractivity contribution < 1.29 is 9.18 Å². The van der Waals surface area contributed by atoms with Crippen LogP contribution >= 0.6 is 11.6 Å². The molecule has 22 heavy (non-hydrogen) atoms. The fourth-order valence-electron chi connectivity index (χ4n) is 2.05. The zero-order valence-electron chi connectivity index (χ0n) is 12.1.